The molecule has 0 atom stereocenters. The van der Waals surface area contributed by atoms with Crippen molar-refractivity contribution in [1.82, 2.24) is 5.32 Å². The van der Waals surface area contributed by atoms with Crippen molar-refractivity contribution in [3.05, 3.63) is 76.7 Å². The number of carbonyl (C=O) groups is 1. The molecule has 32 heavy (non-hydrogen) atoms. The van der Waals surface area contributed by atoms with Crippen molar-refractivity contribution in [2.45, 2.75) is 12.6 Å². The number of hydrogen-bond acceptors (Lipinski definition) is 8. The monoisotopic (exact) mass is 442 g/mol. The number of nitrogens with zero attached hydrogens (tertiary/aromatic N) is 5. The smallest absolute Gasteiger partial charge is 0.264 e. The number of hydrogen-bond donors (Lipinski definition) is 1. The van der Waals surface area contributed by atoms with Crippen LogP contribution < -0.4 is 10.1 Å². The Morgan fingerprint density at radius 1 is 1.03 bits per heavy atom. The van der Waals surface area contributed by atoms with Crippen molar-refractivity contribution in [2.24, 2.45) is 25.7 Å². The second kappa shape index (κ2) is 8.72. The first-order chi connectivity index (χ1) is 15.7. The molecule has 8 nitrogen and oxygen atoms in total. The zero-order valence-electron chi connectivity index (χ0n) is 17.1. The highest BCUT2D eigenvalue weighted by Crippen LogP contribution is 2.29. The molecule has 9 heteroatoms. The van der Waals surface area contributed by atoms with Crippen LogP contribution in [0.2, 0.25) is 0 Å². The topological polar surface area (TPSA) is 100 Å². The van der Waals surface area contributed by atoms with Crippen LogP contribution in [0.5, 0.6) is 5.75 Å². The van der Waals surface area contributed by atoms with Gasteiger partial charge < -0.3 is 10.1 Å². The molecule has 1 fully saturated rings. The van der Waals surface area contributed by atoms with Gasteiger partial charge in [0.25, 0.3) is 5.91 Å². The zero-order chi connectivity index (χ0) is 21.9. The Kier molecular flexibility index (Phi) is 5.47. The molecule has 2 aliphatic heterocycles. The highest BCUT2D eigenvalue weighted by atomic mass is 32.2. The number of benzene rings is 3. The van der Waals surface area contributed by atoms with Crippen LogP contribution in [-0.4, -0.2) is 24.4 Å². The lowest BCUT2D eigenvalue weighted by Gasteiger charge is -2.03. The molecule has 2 heterocycles. The van der Waals surface area contributed by atoms with E-state index in [1.165, 1.54) is 11.8 Å². The van der Waals surface area contributed by atoms with Gasteiger partial charge in [0.05, 0.1) is 17.7 Å². The second-order valence-electron chi connectivity index (χ2n) is 7.22. The van der Waals surface area contributed by atoms with Crippen molar-refractivity contribution in [3.8, 4) is 5.75 Å². The third-order valence-electron chi connectivity index (χ3n) is 5.02. The van der Waals surface area contributed by atoms with E-state index in [1.54, 1.807) is 7.11 Å². The van der Waals surface area contributed by atoms with Crippen molar-refractivity contribution >= 4 is 45.4 Å². The first-order valence-electron chi connectivity index (χ1n) is 9.92. The molecule has 0 spiro atoms. The molecule has 158 valence electrons. The lowest BCUT2D eigenvalue weighted by atomic mass is 10.1. The van der Waals surface area contributed by atoms with Gasteiger partial charge in [0, 0.05) is 6.42 Å². The summed E-state index contributed by atoms with van der Waals surface area (Å²) in [6, 6.07) is 19.7. The summed E-state index contributed by atoms with van der Waals surface area (Å²) in [6.07, 6.45) is 2.27. The fourth-order valence-electron chi connectivity index (χ4n) is 3.40. The lowest BCUT2D eigenvalue weighted by Crippen LogP contribution is -2.19. The van der Waals surface area contributed by atoms with Crippen LogP contribution in [0, 0.1) is 0 Å². The van der Waals surface area contributed by atoms with Crippen LogP contribution in [0.15, 0.2) is 91.2 Å². The van der Waals surface area contributed by atoms with E-state index in [2.05, 4.69) is 31.0 Å². The zero-order valence-corrected chi connectivity index (χ0v) is 17.9. The Labute approximate surface area is 188 Å². The number of fused-ring (bicyclic) bond motifs is 1. The summed E-state index contributed by atoms with van der Waals surface area (Å²) in [7, 11) is 1.65. The maximum atomic E-state index is 12.4. The Bertz CT molecular complexity index is 1300. The number of carbonyl (C=O) groups excluding carboxylic acids is 1. The third kappa shape index (κ3) is 4.42. The maximum absolute atomic E-state index is 12.4. The van der Waals surface area contributed by atoms with Gasteiger partial charge in [-0.05, 0) is 80.5 Å². The van der Waals surface area contributed by atoms with E-state index in [0.717, 1.165) is 33.3 Å². The highest BCUT2D eigenvalue weighted by molar-refractivity contribution is 8.18. The molecule has 0 aromatic heterocycles. The van der Waals surface area contributed by atoms with Gasteiger partial charge in [-0.2, -0.15) is 0 Å². The van der Waals surface area contributed by atoms with E-state index in [0.29, 0.717) is 16.5 Å². The summed E-state index contributed by atoms with van der Waals surface area (Å²) in [4.78, 5) is 17.6. The molecule has 0 bridgehead atoms. The predicted molar refractivity (Wildman–Crippen MR) is 125 cm³/mol. The number of rotatable bonds is 5. The largest absolute Gasteiger partial charge is 0.497 e. The number of ether oxygens (including phenoxy) is 1. The van der Waals surface area contributed by atoms with Gasteiger partial charge in [0.1, 0.15) is 5.75 Å². The summed E-state index contributed by atoms with van der Waals surface area (Å²) in [5.41, 5.74) is 2.77. The summed E-state index contributed by atoms with van der Waals surface area (Å²) >= 11 is 1.33. The average Bonchev–Trinajstić information content (AvgIpc) is 3.44. The van der Waals surface area contributed by atoms with E-state index in [-0.39, 0.29) is 12.1 Å². The van der Waals surface area contributed by atoms with E-state index in [9.17, 15) is 4.79 Å². The SMILES string of the molecule is COc1ccc2cc(C=C3SC(=Nc4ccc(CC5N=NN=N5)cc4)NC3=O)ccc2c1. The van der Waals surface area contributed by atoms with Gasteiger partial charge in [-0.1, -0.05) is 30.3 Å². The first kappa shape index (κ1) is 20.1. The fraction of sp³-hybridized carbons (Fsp3) is 0.130. The van der Waals surface area contributed by atoms with Crippen LogP contribution >= 0.6 is 11.8 Å². The van der Waals surface area contributed by atoms with Gasteiger partial charge in [-0.15, -0.1) is 10.2 Å². The second-order valence-corrected chi connectivity index (χ2v) is 8.25. The van der Waals surface area contributed by atoms with Crippen molar-refractivity contribution in [1.29, 1.82) is 0 Å². The standard InChI is InChI=1S/C23H18N6O2S/c1-31-19-9-6-16-10-15(2-5-17(16)13-19)11-20-22(30)25-23(32-20)24-18-7-3-14(4-8-18)12-21-26-28-29-27-21/h2-11,13,21H,12H2,1H3,(H,24,25,30). The normalized spacial score (nSPS) is 18.2. The van der Waals surface area contributed by atoms with Crippen LogP contribution in [0.3, 0.4) is 0 Å². The first-order valence-corrected chi connectivity index (χ1v) is 10.7. The van der Waals surface area contributed by atoms with E-state index in [1.807, 2.05) is 66.7 Å². The quantitative estimate of drug-likeness (QED) is 0.532. The lowest BCUT2D eigenvalue weighted by molar-refractivity contribution is -0.115. The van der Waals surface area contributed by atoms with Gasteiger partial charge in [-0.3, -0.25) is 4.79 Å². The summed E-state index contributed by atoms with van der Waals surface area (Å²) in [6.45, 7) is 0. The van der Waals surface area contributed by atoms with Crippen molar-refractivity contribution in [3.63, 3.8) is 0 Å². The molecule has 1 saturated heterocycles. The van der Waals surface area contributed by atoms with Gasteiger partial charge in [0.2, 0.25) is 0 Å². The Morgan fingerprint density at radius 3 is 2.56 bits per heavy atom. The van der Waals surface area contributed by atoms with Crippen LogP contribution in [0.25, 0.3) is 16.8 Å². The van der Waals surface area contributed by atoms with Crippen molar-refractivity contribution in [2.75, 3.05) is 7.11 Å². The highest BCUT2D eigenvalue weighted by Gasteiger charge is 2.23. The molecule has 3 aromatic carbocycles. The fourth-order valence-corrected chi connectivity index (χ4v) is 4.24. The third-order valence-corrected chi connectivity index (χ3v) is 5.93. The Hall–Kier alpha value is -3.85. The molecular weight excluding hydrogens is 424 g/mol. The Morgan fingerprint density at radius 2 is 1.78 bits per heavy atom. The molecule has 5 rings (SSSR count). The molecule has 0 radical (unpaired) electrons. The minimum atomic E-state index is -0.248. The number of aliphatic imine (C=N–C) groups is 1. The number of amidine groups is 1. The summed E-state index contributed by atoms with van der Waals surface area (Å²) in [5, 5.41) is 20.4. The van der Waals surface area contributed by atoms with E-state index in [4.69, 9.17) is 4.74 Å². The molecule has 1 amide bonds. The summed E-state index contributed by atoms with van der Waals surface area (Å²) < 4.78 is 5.27. The Balaban J connectivity index is 1.30. The number of methoxy groups -OCH3 is 1. The van der Waals surface area contributed by atoms with Crippen LogP contribution in [0.1, 0.15) is 11.1 Å². The van der Waals surface area contributed by atoms with Gasteiger partial charge in [0.15, 0.2) is 11.3 Å². The minimum Gasteiger partial charge on any atom is -0.497 e. The average molecular weight is 443 g/mol. The number of thioether (sulfide) groups is 1. The number of nitrogens with one attached hydrogen (secondary N) is 1. The van der Waals surface area contributed by atoms with Gasteiger partial charge >= 0.3 is 0 Å². The van der Waals surface area contributed by atoms with Crippen molar-refractivity contribution < 1.29 is 9.53 Å². The molecule has 0 aliphatic carbocycles. The molecule has 0 unspecified atom stereocenters. The molecule has 1 N–H and O–H groups in total. The van der Waals surface area contributed by atoms with E-state index < -0.39 is 0 Å². The predicted octanol–water partition coefficient (Wildman–Crippen LogP) is 5.44. The molecular formula is C23H18N6O2S. The van der Waals surface area contributed by atoms with Gasteiger partial charge in [-0.25, -0.2) is 4.99 Å². The number of amides is 1. The van der Waals surface area contributed by atoms with E-state index >= 15 is 0 Å². The van der Waals surface area contributed by atoms with Crippen LogP contribution in [-0.2, 0) is 11.2 Å². The summed E-state index contributed by atoms with van der Waals surface area (Å²) in [5.74, 6) is 0.662. The molecule has 2 aliphatic rings. The minimum absolute atomic E-state index is 0.155. The molecule has 3 aromatic rings. The van der Waals surface area contributed by atoms with Crippen LogP contribution in [0.4, 0.5) is 5.69 Å². The maximum Gasteiger partial charge on any atom is 0.264 e. The molecule has 0 saturated carbocycles.